The molecule has 1 fully saturated rings. The number of hydrogen-bond acceptors (Lipinski definition) is 5. The van der Waals surface area contributed by atoms with Crippen LogP contribution in [0, 0.1) is 24.0 Å². The van der Waals surface area contributed by atoms with Gasteiger partial charge in [0, 0.05) is 29.2 Å². The van der Waals surface area contributed by atoms with E-state index in [-0.39, 0.29) is 32.1 Å². The first-order chi connectivity index (χ1) is 16.1. The summed E-state index contributed by atoms with van der Waals surface area (Å²) < 4.78 is 1.87. The van der Waals surface area contributed by atoms with Gasteiger partial charge in [0.05, 0.1) is 20.7 Å². The average molecular weight is 515 g/mol. The Morgan fingerprint density at radius 2 is 1.76 bits per heavy atom. The largest absolute Gasteiger partial charge is 0.318 e. The van der Waals surface area contributed by atoms with Gasteiger partial charge in [-0.3, -0.25) is 29.9 Å². The zero-order chi connectivity index (χ0) is 24.7. The van der Waals surface area contributed by atoms with Gasteiger partial charge in [-0.05, 0) is 68.0 Å². The predicted octanol–water partition coefficient (Wildman–Crippen LogP) is 5.14. The van der Waals surface area contributed by atoms with Crippen LogP contribution < -0.4 is 10.2 Å². The summed E-state index contributed by atoms with van der Waals surface area (Å²) in [6.45, 7) is 3.68. The van der Waals surface area contributed by atoms with Crippen molar-refractivity contribution in [1.82, 2.24) is 9.88 Å². The van der Waals surface area contributed by atoms with Gasteiger partial charge < -0.3 is 4.57 Å². The summed E-state index contributed by atoms with van der Waals surface area (Å²) in [5.74, 6) is -1.28. The van der Waals surface area contributed by atoms with E-state index in [2.05, 4.69) is 5.32 Å². The van der Waals surface area contributed by atoms with Crippen molar-refractivity contribution in [1.29, 1.82) is 0 Å². The molecule has 8 nitrogen and oxygen atoms in total. The van der Waals surface area contributed by atoms with E-state index >= 15 is 0 Å². The SMILES string of the molecule is Cc1cc(/C=C2/C(=O)NC(=S)N(c3cccc(Cl)c3Cl)C2=O)c(C)n1-c1ccc([N+](=O)[O-])cc1. The van der Waals surface area contributed by atoms with Crippen molar-refractivity contribution < 1.29 is 14.5 Å². The third-order valence-corrected chi connectivity index (χ3v) is 6.46. The molecule has 172 valence electrons. The van der Waals surface area contributed by atoms with E-state index in [0.717, 1.165) is 16.3 Å². The number of carbonyl (C=O) groups excluding carboxylic acids is 2. The van der Waals surface area contributed by atoms with Crippen molar-refractivity contribution >= 4 is 69.8 Å². The zero-order valence-corrected chi connectivity index (χ0v) is 20.2. The third kappa shape index (κ3) is 4.09. The molecule has 1 aliphatic heterocycles. The minimum atomic E-state index is -0.641. The van der Waals surface area contributed by atoms with Crippen LogP contribution in [0.25, 0.3) is 11.8 Å². The van der Waals surface area contributed by atoms with Gasteiger partial charge in [0.15, 0.2) is 5.11 Å². The summed E-state index contributed by atoms with van der Waals surface area (Å²) in [5, 5.41) is 13.7. The Balaban J connectivity index is 1.76. The maximum atomic E-state index is 13.3. The predicted molar refractivity (Wildman–Crippen MR) is 135 cm³/mol. The van der Waals surface area contributed by atoms with Crippen LogP contribution in [-0.4, -0.2) is 26.4 Å². The molecule has 2 aromatic carbocycles. The first-order valence-electron chi connectivity index (χ1n) is 9.89. The van der Waals surface area contributed by atoms with E-state index in [1.165, 1.54) is 18.2 Å². The lowest BCUT2D eigenvalue weighted by Crippen LogP contribution is -2.54. The summed E-state index contributed by atoms with van der Waals surface area (Å²) in [7, 11) is 0. The first kappa shape index (κ1) is 23.6. The first-order valence-corrected chi connectivity index (χ1v) is 11.1. The summed E-state index contributed by atoms with van der Waals surface area (Å²) >= 11 is 17.6. The van der Waals surface area contributed by atoms with Gasteiger partial charge in [-0.25, -0.2) is 0 Å². The van der Waals surface area contributed by atoms with E-state index in [0.29, 0.717) is 11.3 Å². The van der Waals surface area contributed by atoms with Crippen LogP contribution in [0.4, 0.5) is 11.4 Å². The number of anilines is 1. The smallest absolute Gasteiger partial charge is 0.270 e. The highest BCUT2D eigenvalue weighted by Gasteiger charge is 2.36. The molecule has 2 heterocycles. The molecule has 0 unspecified atom stereocenters. The number of benzene rings is 2. The van der Waals surface area contributed by atoms with E-state index < -0.39 is 16.7 Å². The molecule has 11 heteroatoms. The number of nitrogens with one attached hydrogen (secondary N) is 1. The number of aromatic nitrogens is 1. The van der Waals surface area contributed by atoms with E-state index in [4.69, 9.17) is 35.4 Å². The second-order valence-corrected chi connectivity index (χ2v) is 8.64. The molecule has 1 N–H and O–H groups in total. The molecule has 0 aliphatic carbocycles. The topological polar surface area (TPSA) is 97.5 Å². The molecule has 0 bridgehead atoms. The number of aryl methyl sites for hydroxylation is 1. The van der Waals surface area contributed by atoms with Crippen LogP contribution in [-0.2, 0) is 9.59 Å². The molecule has 0 atom stereocenters. The van der Waals surface area contributed by atoms with Gasteiger partial charge in [-0.2, -0.15) is 0 Å². The van der Waals surface area contributed by atoms with Crippen molar-refractivity contribution in [2.45, 2.75) is 13.8 Å². The van der Waals surface area contributed by atoms with Crippen molar-refractivity contribution in [3.63, 3.8) is 0 Å². The number of hydrogen-bond donors (Lipinski definition) is 1. The molecule has 0 saturated carbocycles. The molecule has 1 aromatic heterocycles. The lowest BCUT2D eigenvalue weighted by molar-refractivity contribution is -0.384. The molecular formula is C23H16Cl2N4O4S. The lowest BCUT2D eigenvalue weighted by atomic mass is 10.1. The summed E-state index contributed by atoms with van der Waals surface area (Å²) in [4.78, 5) is 37.6. The second kappa shape index (κ2) is 9.02. The van der Waals surface area contributed by atoms with Crippen LogP contribution in [0.2, 0.25) is 10.0 Å². The van der Waals surface area contributed by atoms with Gasteiger partial charge in [0.2, 0.25) is 0 Å². The standard InChI is InChI=1S/C23H16Cl2N4O4S/c1-12-10-14(13(2)27(12)15-6-8-16(9-7-15)29(32)33)11-17-21(30)26-23(34)28(22(17)31)19-5-3-4-18(24)20(19)25/h3-11H,1-2H3,(H,26,30,34)/b17-11-. The summed E-state index contributed by atoms with van der Waals surface area (Å²) in [5.41, 5.74) is 2.98. The Hall–Kier alpha value is -3.53. The van der Waals surface area contributed by atoms with Crippen LogP contribution in [0.5, 0.6) is 0 Å². The van der Waals surface area contributed by atoms with Crippen molar-refractivity contribution in [2.24, 2.45) is 0 Å². The Morgan fingerprint density at radius 3 is 2.41 bits per heavy atom. The number of halogens is 2. The Bertz CT molecular complexity index is 1410. The van der Waals surface area contributed by atoms with Gasteiger partial charge >= 0.3 is 0 Å². The highest BCUT2D eigenvalue weighted by Crippen LogP contribution is 2.34. The summed E-state index contributed by atoms with van der Waals surface area (Å²) in [6.07, 6.45) is 1.48. The molecule has 4 rings (SSSR count). The average Bonchev–Trinajstić information content (AvgIpc) is 3.06. The van der Waals surface area contributed by atoms with E-state index in [9.17, 15) is 19.7 Å². The Morgan fingerprint density at radius 1 is 1.09 bits per heavy atom. The molecule has 0 spiro atoms. The molecule has 1 aliphatic rings. The van der Waals surface area contributed by atoms with Crippen LogP contribution >= 0.6 is 35.4 Å². The Labute approximate surface area is 209 Å². The minimum absolute atomic E-state index is 0.0197. The number of amides is 2. The van der Waals surface area contributed by atoms with Crippen molar-refractivity contribution in [3.8, 4) is 5.69 Å². The maximum absolute atomic E-state index is 13.3. The number of carbonyl (C=O) groups is 2. The number of nitrogens with zero attached hydrogens (tertiary/aromatic N) is 3. The highest BCUT2D eigenvalue weighted by molar-refractivity contribution is 7.80. The molecule has 3 aromatic rings. The van der Waals surface area contributed by atoms with E-state index in [1.807, 2.05) is 24.5 Å². The fourth-order valence-electron chi connectivity index (χ4n) is 3.75. The normalized spacial score (nSPS) is 15.1. The molecule has 0 radical (unpaired) electrons. The maximum Gasteiger partial charge on any atom is 0.270 e. The number of nitro benzene ring substituents is 1. The zero-order valence-electron chi connectivity index (χ0n) is 17.8. The fraction of sp³-hybridized carbons (Fsp3) is 0.0870. The Kier molecular flexibility index (Phi) is 6.26. The monoisotopic (exact) mass is 514 g/mol. The van der Waals surface area contributed by atoms with Gasteiger partial charge in [0.1, 0.15) is 5.57 Å². The molecule has 1 saturated heterocycles. The second-order valence-electron chi connectivity index (χ2n) is 7.47. The van der Waals surface area contributed by atoms with Crippen molar-refractivity contribution in [3.05, 3.63) is 91.2 Å². The fourth-order valence-corrected chi connectivity index (χ4v) is 4.41. The lowest BCUT2D eigenvalue weighted by Gasteiger charge is -2.29. The number of non-ortho nitro benzene ring substituents is 1. The van der Waals surface area contributed by atoms with Crippen molar-refractivity contribution in [2.75, 3.05) is 4.90 Å². The number of thiocarbonyl (C=S) groups is 1. The molecule has 34 heavy (non-hydrogen) atoms. The number of nitro groups is 1. The third-order valence-electron chi connectivity index (χ3n) is 5.36. The quantitative estimate of drug-likeness (QED) is 0.171. The van der Waals surface area contributed by atoms with Crippen LogP contribution in [0.1, 0.15) is 17.0 Å². The molecular weight excluding hydrogens is 499 g/mol. The van der Waals surface area contributed by atoms with Gasteiger partial charge in [0.25, 0.3) is 17.5 Å². The minimum Gasteiger partial charge on any atom is -0.318 e. The molecule has 2 amide bonds. The van der Waals surface area contributed by atoms with Crippen LogP contribution in [0.15, 0.2) is 54.1 Å². The highest BCUT2D eigenvalue weighted by atomic mass is 35.5. The van der Waals surface area contributed by atoms with E-state index in [1.54, 1.807) is 30.3 Å². The number of rotatable bonds is 4. The van der Waals surface area contributed by atoms with Gasteiger partial charge in [-0.15, -0.1) is 0 Å². The summed E-state index contributed by atoms with van der Waals surface area (Å²) in [6, 6.07) is 12.7. The van der Waals surface area contributed by atoms with Gasteiger partial charge in [-0.1, -0.05) is 29.3 Å². The van der Waals surface area contributed by atoms with Crippen LogP contribution in [0.3, 0.4) is 0 Å².